The lowest BCUT2D eigenvalue weighted by molar-refractivity contribution is 0.310. The third-order valence-corrected chi connectivity index (χ3v) is 3.46. The lowest BCUT2D eigenvalue weighted by Crippen LogP contribution is -2.15. The van der Waals surface area contributed by atoms with Crippen LogP contribution in [0.1, 0.15) is 52.9 Å². The van der Waals surface area contributed by atoms with Crippen LogP contribution < -0.4 is 0 Å². The van der Waals surface area contributed by atoms with Crippen molar-refractivity contribution < 1.29 is 0 Å². The van der Waals surface area contributed by atoms with Gasteiger partial charge in [-0.25, -0.2) is 0 Å². The molecule has 0 heterocycles. The molecule has 0 aromatic heterocycles. The van der Waals surface area contributed by atoms with Gasteiger partial charge < -0.3 is 0 Å². The zero-order valence-corrected chi connectivity index (χ0v) is 8.77. The van der Waals surface area contributed by atoms with Gasteiger partial charge in [0.2, 0.25) is 0 Å². The second-order valence-electron chi connectivity index (χ2n) is 4.90. The van der Waals surface area contributed by atoms with Gasteiger partial charge in [0, 0.05) is 0 Å². The smallest absolute Gasteiger partial charge is 0.0686 e. The van der Waals surface area contributed by atoms with Crippen LogP contribution in [0.25, 0.3) is 0 Å². The second-order valence-corrected chi connectivity index (χ2v) is 4.90. The second kappa shape index (κ2) is 3.85. The van der Waals surface area contributed by atoms with Gasteiger partial charge in [-0.15, -0.1) is 0 Å². The van der Waals surface area contributed by atoms with Gasteiger partial charge in [0.25, 0.3) is 0 Å². The molecule has 1 aliphatic carbocycles. The number of hydrogen-bond donors (Lipinski definition) is 0. The summed E-state index contributed by atoms with van der Waals surface area (Å²) in [6.45, 7) is 6.89. The summed E-state index contributed by atoms with van der Waals surface area (Å²) < 4.78 is 0. The zero-order chi connectivity index (χ0) is 9.19. The third kappa shape index (κ3) is 2.53. The third-order valence-electron chi connectivity index (χ3n) is 3.46. The van der Waals surface area contributed by atoms with Gasteiger partial charge in [0.05, 0.1) is 7.85 Å². The molecule has 1 heteroatoms. The molecular formula is C11H21B. The van der Waals surface area contributed by atoms with Crippen LogP contribution >= 0.6 is 0 Å². The van der Waals surface area contributed by atoms with Gasteiger partial charge in [-0.05, 0) is 11.8 Å². The molecule has 0 nitrogen and oxygen atoms in total. The van der Waals surface area contributed by atoms with E-state index in [0.29, 0.717) is 0 Å². The maximum absolute atomic E-state index is 6.21. The molecule has 1 fully saturated rings. The van der Waals surface area contributed by atoms with Gasteiger partial charge in [0.15, 0.2) is 0 Å². The van der Waals surface area contributed by atoms with Crippen molar-refractivity contribution in [2.45, 2.75) is 58.2 Å². The highest BCUT2D eigenvalue weighted by Gasteiger charge is 2.28. The van der Waals surface area contributed by atoms with Crippen molar-refractivity contribution >= 4 is 7.85 Å². The van der Waals surface area contributed by atoms with E-state index in [0.717, 1.165) is 11.8 Å². The summed E-state index contributed by atoms with van der Waals surface area (Å²) in [5.74, 6) is 1.75. The van der Waals surface area contributed by atoms with Crippen LogP contribution in [0, 0.1) is 11.8 Å². The minimum Gasteiger partial charge on any atom is -0.0686 e. The van der Waals surface area contributed by atoms with Gasteiger partial charge in [-0.3, -0.25) is 0 Å². The van der Waals surface area contributed by atoms with Gasteiger partial charge >= 0.3 is 0 Å². The fourth-order valence-corrected chi connectivity index (χ4v) is 2.51. The molecule has 12 heavy (non-hydrogen) atoms. The highest BCUT2D eigenvalue weighted by atomic mass is 14.3. The predicted molar refractivity (Wildman–Crippen MR) is 55.5 cm³/mol. The van der Waals surface area contributed by atoms with E-state index in [2.05, 4.69) is 20.8 Å². The SMILES string of the molecule is [B]C1(C)CCCC(C)C(CC)C1. The van der Waals surface area contributed by atoms with Crippen LogP contribution in [0.4, 0.5) is 0 Å². The summed E-state index contributed by atoms with van der Waals surface area (Å²) >= 11 is 0. The predicted octanol–water partition coefficient (Wildman–Crippen LogP) is 3.57. The normalized spacial score (nSPS) is 43.9. The molecule has 1 saturated carbocycles. The molecule has 2 radical (unpaired) electrons. The molecule has 68 valence electrons. The van der Waals surface area contributed by atoms with Crippen molar-refractivity contribution in [2.75, 3.05) is 0 Å². The molecule has 0 bridgehead atoms. The van der Waals surface area contributed by atoms with Crippen LogP contribution in [0.5, 0.6) is 0 Å². The Balaban J connectivity index is 2.59. The van der Waals surface area contributed by atoms with Crippen molar-refractivity contribution in [1.29, 1.82) is 0 Å². The molecule has 0 N–H and O–H groups in total. The van der Waals surface area contributed by atoms with Crippen molar-refractivity contribution in [3.63, 3.8) is 0 Å². The van der Waals surface area contributed by atoms with Crippen molar-refractivity contribution in [1.82, 2.24) is 0 Å². The monoisotopic (exact) mass is 164 g/mol. The molecule has 0 aliphatic heterocycles. The van der Waals surface area contributed by atoms with Crippen LogP contribution in [-0.2, 0) is 0 Å². The van der Waals surface area contributed by atoms with Crippen LogP contribution in [0.15, 0.2) is 0 Å². The lowest BCUT2D eigenvalue weighted by Gasteiger charge is -2.28. The first-order valence-corrected chi connectivity index (χ1v) is 5.34. The molecule has 1 rings (SSSR count). The lowest BCUT2D eigenvalue weighted by atomic mass is 9.63. The number of hydrogen-bond acceptors (Lipinski definition) is 0. The van der Waals surface area contributed by atoms with E-state index >= 15 is 0 Å². The Morgan fingerprint density at radius 2 is 2.17 bits per heavy atom. The van der Waals surface area contributed by atoms with Gasteiger partial charge in [-0.1, -0.05) is 58.2 Å². The fraction of sp³-hybridized carbons (Fsp3) is 1.00. The molecule has 0 aromatic carbocycles. The Labute approximate surface area is 78.5 Å². The van der Waals surface area contributed by atoms with Crippen LogP contribution in [-0.4, -0.2) is 7.85 Å². The van der Waals surface area contributed by atoms with Gasteiger partial charge in [0.1, 0.15) is 0 Å². The summed E-state index contributed by atoms with van der Waals surface area (Å²) in [6, 6.07) is 0. The van der Waals surface area contributed by atoms with Crippen LogP contribution in [0.2, 0.25) is 5.31 Å². The summed E-state index contributed by atoms with van der Waals surface area (Å²) in [7, 11) is 6.21. The van der Waals surface area contributed by atoms with E-state index in [1.807, 2.05) is 0 Å². The molecule has 3 unspecified atom stereocenters. The Morgan fingerprint density at radius 3 is 2.75 bits per heavy atom. The minimum absolute atomic E-state index is 0.117. The average Bonchev–Trinajstić information content (AvgIpc) is 2.10. The van der Waals surface area contributed by atoms with E-state index in [9.17, 15) is 0 Å². The average molecular weight is 164 g/mol. The van der Waals surface area contributed by atoms with Gasteiger partial charge in [-0.2, -0.15) is 0 Å². The topological polar surface area (TPSA) is 0 Å². The van der Waals surface area contributed by atoms with Crippen molar-refractivity contribution in [3.8, 4) is 0 Å². The van der Waals surface area contributed by atoms with E-state index < -0.39 is 0 Å². The Bertz CT molecular complexity index is 140. The summed E-state index contributed by atoms with van der Waals surface area (Å²) in [6.07, 6.45) is 6.45. The maximum atomic E-state index is 6.21. The van der Waals surface area contributed by atoms with Crippen molar-refractivity contribution in [2.24, 2.45) is 11.8 Å². The Morgan fingerprint density at radius 1 is 1.50 bits per heavy atom. The Hall–Kier alpha value is 0.0649. The first-order chi connectivity index (χ1) is 5.55. The van der Waals surface area contributed by atoms with E-state index in [-0.39, 0.29) is 5.31 Å². The Kier molecular flexibility index (Phi) is 3.26. The maximum Gasteiger partial charge on any atom is 0.0742 e. The summed E-state index contributed by atoms with van der Waals surface area (Å²) in [4.78, 5) is 0. The quantitative estimate of drug-likeness (QED) is 0.410. The molecule has 0 amide bonds. The minimum atomic E-state index is 0.117. The summed E-state index contributed by atoms with van der Waals surface area (Å²) in [5, 5.41) is 0.117. The first-order valence-electron chi connectivity index (χ1n) is 5.34. The van der Waals surface area contributed by atoms with E-state index in [4.69, 9.17) is 7.85 Å². The highest BCUT2D eigenvalue weighted by Crippen LogP contribution is 2.43. The fourth-order valence-electron chi connectivity index (χ4n) is 2.51. The molecule has 3 atom stereocenters. The molecular weight excluding hydrogens is 143 g/mol. The standard InChI is InChI=1S/C11H21B/c1-4-10-8-11(3,12)7-5-6-9(10)2/h9-10H,4-8H2,1-3H3. The largest absolute Gasteiger partial charge is 0.0742 e. The zero-order valence-electron chi connectivity index (χ0n) is 8.77. The highest BCUT2D eigenvalue weighted by molar-refractivity contribution is 6.14. The van der Waals surface area contributed by atoms with E-state index in [1.54, 1.807) is 0 Å². The molecule has 1 aliphatic rings. The molecule has 0 aromatic rings. The molecule has 0 saturated heterocycles. The van der Waals surface area contributed by atoms with E-state index in [1.165, 1.54) is 32.1 Å². The number of rotatable bonds is 1. The van der Waals surface area contributed by atoms with Crippen LogP contribution in [0.3, 0.4) is 0 Å². The summed E-state index contributed by atoms with van der Waals surface area (Å²) in [5.41, 5.74) is 0. The van der Waals surface area contributed by atoms with Crippen molar-refractivity contribution in [3.05, 3.63) is 0 Å². The molecule has 0 spiro atoms. The first kappa shape index (κ1) is 10.1.